The van der Waals surface area contributed by atoms with E-state index in [1.165, 1.54) is 16.3 Å². The number of benzene rings is 2. The molecular formula is C24H31Cl2N3O4S. The van der Waals surface area contributed by atoms with Crippen molar-refractivity contribution in [3.63, 3.8) is 0 Å². The highest BCUT2D eigenvalue weighted by atomic mass is 35.5. The number of anilines is 1. The Morgan fingerprint density at radius 2 is 1.79 bits per heavy atom. The van der Waals surface area contributed by atoms with E-state index in [-0.39, 0.29) is 37.7 Å². The van der Waals surface area contributed by atoms with Gasteiger partial charge in [0.25, 0.3) is 0 Å². The summed E-state index contributed by atoms with van der Waals surface area (Å²) in [5, 5.41) is 3.54. The molecular weight excluding hydrogens is 497 g/mol. The summed E-state index contributed by atoms with van der Waals surface area (Å²) in [5.41, 5.74) is 1.96. The molecule has 2 aromatic carbocycles. The van der Waals surface area contributed by atoms with E-state index in [2.05, 4.69) is 5.32 Å². The van der Waals surface area contributed by atoms with E-state index in [1.807, 2.05) is 19.1 Å². The maximum absolute atomic E-state index is 13.3. The number of aryl methyl sites for hydroxylation is 1. The Labute approximate surface area is 212 Å². The van der Waals surface area contributed by atoms with Crippen molar-refractivity contribution < 1.29 is 18.0 Å². The maximum atomic E-state index is 13.3. The van der Waals surface area contributed by atoms with E-state index >= 15 is 0 Å². The molecule has 0 aliphatic carbocycles. The Balaban J connectivity index is 2.24. The Bertz CT molecular complexity index is 1120. The molecule has 1 atom stereocenters. The van der Waals surface area contributed by atoms with Crippen molar-refractivity contribution in [1.29, 1.82) is 0 Å². The third kappa shape index (κ3) is 7.35. The fourth-order valence-corrected chi connectivity index (χ4v) is 5.11. The van der Waals surface area contributed by atoms with E-state index in [0.29, 0.717) is 22.2 Å². The number of rotatable bonds is 11. The van der Waals surface area contributed by atoms with Crippen LogP contribution in [0.1, 0.15) is 37.3 Å². The standard InChI is InChI=1S/C24H31Cl2N3O4S/c1-5-21(24(31)27-3)28(16-18-9-6-7-10-20(18)26)23(30)11-8-14-29(34(4,32)33)22-15-19(25)13-12-17(22)2/h6-7,9-10,12-13,15,21H,5,8,11,14,16H2,1-4H3,(H,27,31)/t21-/m0/s1. The minimum atomic E-state index is -3.60. The Morgan fingerprint density at radius 1 is 1.12 bits per heavy atom. The zero-order valence-electron chi connectivity index (χ0n) is 19.8. The largest absolute Gasteiger partial charge is 0.357 e. The minimum absolute atomic E-state index is 0.0591. The zero-order valence-corrected chi connectivity index (χ0v) is 22.2. The highest BCUT2D eigenvalue weighted by molar-refractivity contribution is 7.92. The van der Waals surface area contributed by atoms with Crippen LogP contribution >= 0.6 is 23.2 Å². The van der Waals surface area contributed by atoms with E-state index in [0.717, 1.165) is 17.4 Å². The molecule has 0 spiro atoms. The minimum Gasteiger partial charge on any atom is -0.357 e. The van der Waals surface area contributed by atoms with Crippen LogP contribution in [0.15, 0.2) is 42.5 Å². The Morgan fingerprint density at radius 3 is 2.38 bits per heavy atom. The summed E-state index contributed by atoms with van der Waals surface area (Å²) < 4.78 is 26.2. The van der Waals surface area contributed by atoms with Crippen LogP contribution in [-0.4, -0.2) is 51.0 Å². The van der Waals surface area contributed by atoms with Gasteiger partial charge < -0.3 is 10.2 Å². The lowest BCUT2D eigenvalue weighted by atomic mass is 10.1. The van der Waals surface area contributed by atoms with Crippen molar-refractivity contribution in [3.8, 4) is 0 Å². The molecule has 34 heavy (non-hydrogen) atoms. The first-order valence-corrected chi connectivity index (χ1v) is 13.6. The maximum Gasteiger partial charge on any atom is 0.242 e. The van der Waals surface area contributed by atoms with Gasteiger partial charge in [-0.25, -0.2) is 8.42 Å². The molecule has 186 valence electrons. The summed E-state index contributed by atoms with van der Waals surface area (Å²) in [5.74, 6) is -0.526. The van der Waals surface area contributed by atoms with Crippen molar-refractivity contribution in [2.24, 2.45) is 0 Å². The first-order chi connectivity index (χ1) is 16.0. The molecule has 2 rings (SSSR count). The zero-order chi connectivity index (χ0) is 25.5. The predicted octanol–water partition coefficient (Wildman–Crippen LogP) is 4.40. The Kier molecular flexibility index (Phi) is 10.2. The lowest BCUT2D eigenvalue weighted by Gasteiger charge is -2.31. The molecule has 10 heteroatoms. The van der Waals surface area contributed by atoms with E-state index < -0.39 is 16.1 Å². The quantitative estimate of drug-likeness (QED) is 0.469. The van der Waals surface area contributed by atoms with Crippen molar-refractivity contribution >= 4 is 50.7 Å². The summed E-state index contributed by atoms with van der Waals surface area (Å²) in [6.07, 6.45) is 1.87. The Hall–Kier alpha value is -2.29. The second kappa shape index (κ2) is 12.4. The lowest BCUT2D eigenvalue weighted by molar-refractivity contribution is -0.141. The summed E-state index contributed by atoms with van der Waals surface area (Å²) in [6.45, 7) is 3.91. The number of likely N-dealkylation sites (N-methyl/N-ethyl adjacent to an activating group) is 1. The van der Waals surface area contributed by atoms with Gasteiger partial charge >= 0.3 is 0 Å². The van der Waals surface area contributed by atoms with Crippen LogP contribution < -0.4 is 9.62 Å². The molecule has 0 bridgehead atoms. The van der Waals surface area contributed by atoms with Crippen LogP contribution in [0.2, 0.25) is 10.0 Å². The predicted molar refractivity (Wildman–Crippen MR) is 138 cm³/mol. The van der Waals surface area contributed by atoms with Gasteiger partial charge in [0.05, 0.1) is 11.9 Å². The molecule has 0 radical (unpaired) electrons. The number of nitrogens with zero attached hydrogens (tertiary/aromatic N) is 2. The molecule has 0 aliphatic rings. The van der Waals surface area contributed by atoms with Gasteiger partial charge in [-0.3, -0.25) is 13.9 Å². The second-order valence-electron chi connectivity index (χ2n) is 8.02. The molecule has 2 aromatic rings. The van der Waals surface area contributed by atoms with Gasteiger partial charge in [0, 0.05) is 36.6 Å². The van der Waals surface area contributed by atoms with Crippen molar-refractivity contribution in [2.45, 2.75) is 45.7 Å². The summed E-state index contributed by atoms with van der Waals surface area (Å²) in [4.78, 5) is 27.3. The second-order valence-corrected chi connectivity index (χ2v) is 10.8. The first-order valence-electron chi connectivity index (χ1n) is 11.0. The number of halogens is 2. The van der Waals surface area contributed by atoms with Gasteiger partial charge in [-0.1, -0.05) is 54.4 Å². The molecule has 0 unspecified atom stereocenters. The molecule has 0 fully saturated rings. The molecule has 0 saturated heterocycles. The summed E-state index contributed by atoms with van der Waals surface area (Å²) in [6, 6.07) is 11.5. The molecule has 1 N–H and O–H groups in total. The van der Waals surface area contributed by atoms with Crippen LogP contribution in [0, 0.1) is 6.92 Å². The van der Waals surface area contributed by atoms with E-state index in [4.69, 9.17) is 23.2 Å². The van der Waals surface area contributed by atoms with Gasteiger partial charge in [-0.2, -0.15) is 0 Å². The number of sulfonamides is 1. The molecule has 0 aliphatic heterocycles. The summed E-state index contributed by atoms with van der Waals surface area (Å²) >= 11 is 12.4. The topological polar surface area (TPSA) is 86.8 Å². The van der Waals surface area contributed by atoms with Gasteiger partial charge in [-0.15, -0.1) is 0 Å². The smallest absolute Gasteiger partial charge is 0.242 e. The third-order valence-electron chi connectivity index (χ3n) is 5.52. The van der Waals surface area contributed by atoms with Crippen LogP contribution in [0.25, 0.3) is 0 Å². The van der Waals surface area contributed by atoms with Gasteiger partial charge in [0.1, 0.15) is 6.04 Å². The van der Waals surface area contributed by atoms with E-state index in [1.54, 1.807) is 37.3 Å². The fourth-order valence-electron chi connectivity index (χ4n) is 3.73. The van der Waals surface area contributed by atoms with Crippen LogP contribution in [0.4, 0.5) is 5.69 Å². The number of hydrogen-bond donors (Lipinski definition) is 1. The van der Waals surface area contributed by atoms with Crippen molar-refractivity contribution in [1.82, 2.24) is 10.2 Å². The van der Waals surface area contributed by atoms with Crippen LogP contribution in [0.3, 0.4) is 0 Å². The van der Waals surface area contributed by atoms with E-state index in [9.17, 15) is 18.0 Å². The van der Waals surface area contributed by atoms with Crippen LogP contribution in [-0.2, 0) is 26.2 Å². The molecule has 0 heterocycles. The normalized spacial score (nSPS) is 12.2. The first kappa shape index (κ1) is 28.0. The number of carbonyl (C=O) groups excluding carboxylic acids is 2. The lowest BCUT2D eigenvalue weighted by Crippen LogP contribution is -2.48. The van der Waals surface area contributed by atoms with Crippen molar-refractivity contribution in [3.05, 3.63) is 63.6 Å². The molecule has 7 nitrogen and oxygen atoms in total. The molecule has 0 saturated carbocycles. The number of hydrogen-bond acceptors (Lipinski definition) is 4. The average Bonchev–Trinajstić information content (AvgIpc) is 2.78. The SMILES string of the molecule is CC[C@@H](C(=O)NC)N(Cc1ccccc1Cl)C(=O)CCCN(c1cc(Cl)ccc1C)S(C)(=O)=O. The third-order valence-corrected chi connectivity index (χ3v) is 7.31. The monoisotopic (exact) mass is 527 g/mol. The number of amides is 2. The van der Waals surface area contributed by atoms with Gasteiger partial charge in [-0.05, 0) is 49.1 Å². The number of carbonyl (C=O) groups is 2. The molecule has 2 amide bonds. The van der Waals surface area contributed by atoms with Gasteiger partial charge in [0.2, 0.25) is 21.8 Å². The average molecular weight is 529 g/mol. The fraction of sp³-hybridized carbons (Fsp3) is 0.417. The number of nitrogens with one attached hydrogen (secondary N) is 1. The van der Waals surface area contributed by atoms with Crippen LogP contribution in [0.5, 0.6) is 0 Å². The van der Waals surface area contributed by atoms with Crippen molar-refractivity contribution in [2.75, 3.05) is 24.2 Å². The highest BCUT2D eigenvalue weighted by Gasteiger charge is 2.29. The summed E-state index contributed by atoms with van der Waals surface area (Å²) in [7, 11) is -2.07. The molecule has 0 aromatic heterocycles. The van der Waals surface area contributed by atoms with Gasteiger partial charge in [0.15, 0.2) is 0 Å². The highest BCUT2D eigenvalue weighted by Crippen LogP contribution is 2.27.